The molecule has 6 heteroatoms. The fourth-order valence-electron chi connectivity index (χ4n) is 4.05. The van der Waals surface area contributed by atoms with Gasteiger partial charge < -0.3 is 14.6 Å². The molecule has 1 amide bonds. The highest BCUT2D eigenvalue weighted by molar-refractivity contribution is 7.16. The van der Waals surface area contributed by atoms with Crippen molar-refractivity contribution in [1.29, 1.82) is 0 Å². The third kappa shape index (κ3) is 2.67. The number of hydrogen-bond donors (Lipinski definition) is 1. The molecule has 0 spiro atoms. The second-order valence-corrected chi connectivity index (χ2v) is 8.03. The molecular weight excluding hydrogens is 322 g/mol. The third-order valence-electron chi connectivity index (χ3n) is 5.52. The molecule has 24 heavy (non-hydrogen) atoms. The monoisotopic (exact) mass is 345 g/mol. The normalized spacial score (nSPS) is 27.1. The van der Waals surface area contributed by atoms with E-state index in [0.29, 0.717) is 19.5 Å². The highest BCUT2D eigenvalue weighted by Gasteiger charge is 2.44. The molecule has 1 saturated carbocycles. The number of aliphatic hydroxyl groups is 1. The number of aromatic nitrogens is 2. The van der Waals surface area contributed by atoms with E-state index in [1.807, 2.05) is 40.9 Å². The van der Waals surface area contributed by atoms with Gasteiger partial charge in [-0.25, -0.2) is 4.98 Å². The summed E-state index contributed by atoms with van der Waals surface area (Å²) >= 11 is 1.45. The maximum Gasteiger partial charge on any atom is 0.265 e. The lowest BCUT2D eigenvalue weighted by molar-refractivity contribution is -0.0885. The van der Waals surface area contributed by atoms with Gasteiger partial charge in [0.1, 0.15) is 4.88 Å². The number of carbonyl (C=O) groups excluding carboxylic acids is 1. The summed E-state index contributed by atoms with van der Waals surface area (Å²) in [6.07, 6.45) is 8.76. The molecule has 0 radical (unpaired) electrons. The van der Waals surface area contributed by atoms with Gasteiger partial charge in [0.25, 0.3) is 5.91 Å². The number of hydrogen-bond acceptors (Lipinski definition) is 4. The molecule has 2 aromatic heterocycles. The number of rotatable bonds is 2. The fourth-order valence-corrected chi connectivity index (χ4v) is 5.05. The number of carbonyl (C=O) groups is 1. The second-order valence-electron chi connectivity index (χ2n) is 7.05. The topological polar surface area (TPSA) is 58.4 Å². The van der Waals surface area contributed by atoms with E-state index in [2.05, 4.69) is 4.98 Å². The zero-order valence-corrected chi connectivity index (χ0v) is 14.8. The number of thiazole rings is 1. The second kappa shape index (κ2) is 6.01. The van der Waals surface area contributed by atoms with Crippen molar-refractivity contribution >= 4 is 17.2 Å². The van der Waals surface area contributed by atoms with Gasteiger partial charge in [-0.2, -0.15) is 0 Å². The lowest BCUT2D eigenvalue weighted by Crippen LogP contribution is -2.54. The molecule has 1 aliphatic carbocycles. The van der Waals surface area contributed by atoms with Gasteiger partial charge >= 0.3 is 0 Å². The van der Waals surface area contributed by atoms with Crippen LogP contribution in [0.4, 0.5) is 0 Å². The Morgan fingerprint density at radius 1 is 1.33 bits per heavy atom. The first-order chi connectivity index (χ1) is 11.6. The highest BCUT2D eigenvalue weighted by Crippen LogP contribution is 2.40. The van der Waals surface area contributed by atoms with Gasteiger partial charge in [0, 0.05) is 31.4 Å². The van der Waals surface area contributed by atoms with Crippen LogP contribution in [0.2, 0.25) is 0 Å². The number of piperidine rings is 1. The summed E-state index contributed by atoms with van der Waals surface area (Å²) in [5.41, 5.74) is 0.242. The molecule has 2 aromatic rings. The van der Waals surface area contributed by atoms with Crippen molar-refractivity contribution in [1.82, 2.24) is 14.5 Å². The van der Waals surface area contributed by atoms with Crippen LogP contribution < -0.4 is 0 Å². The Hall–Kier alpha value is -1.66. The van der Waals surface area contributed by atoms with Crippen LogP contribution in [-0.2, 0) is 0 Å². The molecule has 1 saturated heterocycles. The third-order valence-corrected chi connectivity index (χ3v) is 6.68. The quantitative estimate of drug-likeness (QED) is 0.910. The van der Waals surface area contributed by atoms with Crippen molar-refractivity contribution in [2.24, 2.45) is 5.92 Å². The molecule has 2 aliphatic rings. The molecule has 0 bridgehead atoms. The minimum absolute atomic E-state index is 0.0658. The van der Waals surface area contributed by atoms with Crippen LogP contribution in [0.15, 0.2) is 24.5 Å². The van der Waals surface area contributed by atoms with E-state index in [1.165, 1.54) is 11.3 Å². The number of likely N-dealkylation sites (tertiary alicyclic amines) is 1. The van der Waals surface area contributed by atoms with E-state index >= 15 is 0 Å². The number of amides is 1. The van der Waals surface area contributed by atoms with E-state index in [0.717, 1.165) is 41.4 Å². The molecule has 5 nitrogen and oxygen atoms in total. The van der Waals surface area contributed by atoms with Crippen LogP contribution in [-0.4, -0.2) is 44.2 Å². The average Bonchev–Trinajstić information content (AvgIpc) is 3.22. The molecule has 0 aromatic carbocycles. The predicted octanol–water partition coefficient (Wildman–Crippen LogP) is 3.01. The zero-order valence-electron chi connectivity index (χ0n) is 13.9. The highest BCUT2D eigenvalue weighted by atomic mass is 32.1. The molecule has 0 unspecified atom stereocenters. The van der Waals surface area contributed by atoms with Gasteiger partial charge in [-0.3, -0.25) is 4.79 Å². The Kier molecular flexibility index (Phi) is 3.96. The fraction of sp³-hybridized carbons (Fsp3) is 0.556. The average molecular weight is 345 g/mol. The molecule has 3 heterocycles. The van der Waals surface area contributed by atoms with Crippen LogP contribution in [0.1, 0.15) is 47.5 Å². The van der Waals surface area contributed by atoms with Gasteiger partial charge in [0.2, 0.25) is 0 Å². The van der Waals surface area contributed by atoms with E-state index in [4.69, 9.17) is 0 Å². The Bertz CT molecular complexity index is 740. The van der Waals surface area contributed by atoms with E-state index < -0.39 is 5.60 Å². The largest absolute Gasteiger partial charge is 0.389 e. The van der Waals surface area contributed by atoms with Crippen molar-refractivity contribution in [3.8, 4) is 5.13 Å². The summed E-state index contributed by atoms with van der Waals surface area (Å²) in [5, 5.41) is 11.6. The Morgan fingerprint density at radius 3 is 2.92 bits per heavy atom. The van der Waals surface area contributed by atoms with Crippen LogP contribution in [0.3, 0.4) is 0 Å². The predicted molar refractivity (Wildman–Crippen MR) is 93.6 cm³/mol. The minimum atomic E-state index is -0.548. The summed E-state index contributed by atoms with van der Waals surface area (Å²) in [6, 6.07) is 3.90. The van der Waals surface area contributed by atoms with Crippen LogP contribution in [0.25, 0.3) is 5.13 Å². The number of nitrogens with zero attached hydrogens (tertiary/aromatic N) is 3. The summed E-state index contributed by atoms with van der Waals surface area (Å²) in [5.74, 6) is 0.289. The van der Waals surface area contributed by atoms with Gasteiger partial charge in [-0.1, -0.05) is 24.2 Å². The van der Waals surface area contributed by atoms with Crippen LogP contribution in [0, 0.1) is 12.8 Å². The summed E-state index contributed by atoms with van der Waals surface area (Å²) < 4.78 is 1.94. The Balaban J connectivity index is 1.54. The summed E-state index contributed by atoms with van der Waals surface area (Å²) in [6.45, 7) is 3.21. The first-order valence-corrected chi connectivity index (χ1v) is 9.51. The van der Waals surface area contributed by atoms with Gasteiger partial charge in [0.15, 0.2) is 5.13 Å². The Morgan fingerprint density at radius 2 is 2.12 bits per heavy atom. The Labute approximate surface area is 145 Å². The molecular formula is C18H23N3O2S. The molecule has 128 valence electrons. The maximum absolute atomic E-state index is 13.0. The molecule has 1 aliphatic heterocycles. The molecule has 2 fully saturated rings. The van der Waals surface area contributed by atoms with E-state index in [1.54, 1.807) is 0 Å². The van der Waals surface area contributed by atoms with Crippen molar-refractivity contribution in [2.45, 2.75) is 44.6 Å². The molecule has 1 N–H and O–H groups in total. The van der Waals surface area contributed by atoms with Crippen molar-refractivity contribution in [3.05, 3.63) is 35.1 Å². The standard InChI is InChI=1S/C18H23N3O2S/c1-13-15(24-17(19-13)20-9-4-5-10-20)16(22)21-11-8-18(23)7-3-2-6-14(18)12-21/h4-5,9-10,14,23H,2-3,6-8,11-12H2,1H3/t14-,18+/m0/s1. The summed E-state index contributed by atoms with van der Waals surface area (Å²) in [7, 11) is 0. The SMILES string of the molecule is Cc1nc(-n2cccc2)sc1C(=O)N1CC[C@]2(O)CCCC[C@H]2C1. The van der Waals surface area contributed by atoms with Gasteiger partial charge in [-0.15, -0.1) is 0 Å². The first-order valence-electron chi connectivity index (χ1n) is 8.69. The van der Waals surface area contributed by atoms with Crippen molar-refractivity contribution in [3.63, 3.8) is 0 Å². The smallest absolute Gasteiger partial charge is 0.265 e. The van der Waals surface area contributed by atoms with Gasteiger partial charge in [-0.05, 0) is 38.3 Å². The van der Waals surface area contributed by atoms with Crippen molar-refractivity contribution < 1.29 is 9.90 Å². The van der Waals surface area contributed by atoms with E-state index in [-0.39, 0.29) is 11.8 Å². The summed E-state index contributed by atoms with van der Waals surface area (Å²) in [4.78, 5) is 20.2. The number of fused-ring (bicyclic) bond motifs is 1. The first kappa shape index (κ1) is 15.8. The maximum atomic E-state index is 13.0. The van der Waals surface area contributed by atoms with Gasteiger partial charge in [0.05, 0.1) is 11.3 Å². The van der Waals surface area contributed by atoms with E-state index in [9.17, 15) is 9.90 Å². The molecule has 4 rings (SSSR count). The molecule has 2 atom stereocenters. The van der Waals surface area contributed by atoms with Crippen LogP contribution >= 0.6 is 11.3 Å². The lowest BCUT2D eigenvalue weighted by Gasteiger charge is -2.47. The van der Waals surface area contributed by atoms with Crippen molar-refractivity contribution in [2.75, 3.05) is 13.1 Å². The van der Waals surface area contributed by atoms with Crippen LogP contribution in [0.5, 0.6) is 0 Å². The minimum Gasteiger partial charge on any atom is -0.389 e. The zero-order chi connectivity index (χ0) is 16.7. The number of aryl methyl sites for hydroxylation is 1. The lowest BCUT2D eigenvalue weighted by atomic mass is 9.71.